The highest BCUT2D eigenvalue weighted by molar-refractivity contribution is 7.13. The van der Waals surface area contributed by atoms with Crippen LogP contribution in [-0.4, -0.2) is 36.8 Å². The summed E-state index contributed by atoms with van der Waals surface area (Å²) in [6, 6.07) is 6.13. The molecule has 4 heterocycles. The summed E-state index contributed by atoms with van der Waals surface area (Å²) in [5.74, 6) is -0.668. The minimum absolute atomic E-state index is 0.109. The first kappa shape index (κ1) is 21.3. The average molecular weight is 469 g/mol. The van der Waals surface area contributed by atoms with E-state index in [9.17, 15) is 18.0 Å². The maximum Gasteiger partial charge on any atom is 0.433 e. The molecule has 162 valence electrons. The second-order valence-electron chi connectivity index (χ2n) is 6.70. The Morgan fingerprint density at radius 1 is 1.32 bits per heavy atom. The standard InChI is InChI=1S/C19H16ClF3N6OS/c1-11-5-7-25-28(11)8-3-6-24-18(30)16-15(20)17-26-12(13-4-2-9-31-13)10-14(19(21,22)23)29(17)27-16/h2,4-5,7,9-10H,3,6,8H2,1H3,(H,24,30). The Bertz CT molecular complexity index is 1230. The highest BCUT2D eigenvalue weighted by Gasteiger charge is 2.36. The van der Waals surface area contributed by atoms with Gasteiger partial charge in [-0.05, 0) is 36.9 Å². The Hall–Kier alpha value is -2.92. The number of carbonyl (C=O) groups is 1. The summed E-state index contributed by atoms with van der Waals surface area (Å²) in [6.45, 7) is 2.78. The number of nitrogens with one attached hydrogen (secondary N) is 1. The van der Waals surface area contributed by atoms with Crippen LogP contribution in [0.25, 0.3) is 16.2 Å². The summed E-state index contributed by atoms with van der Waals surface area (Å²) in [7, 11) is 0. The van der Waals surface area contributed by atoms with Gasteiger partial charge in [-0.15, -0.1) is 11.3 Å². The fraction of sp³-hybridized carbons (Fsp3) is 0.263. The number of rotatable bonds is 6. The molecule has 1 amide bonds. The fourth-order valence-corrected chi connectivity index (χ4v) is 3.97. The van der Waals surface area contributed by atoms with Crippen molar-refractivity contribution < 1.29 is 18.0 Å². The van der Waals surface area contributed by atoms with Crippen LogP contribution in [0.1, 0.15) is 28.3 Å². The molecular weight excluding hydrogens is 453 g/mol. The number of hydrogen-bond acceptors (Lipinski definition) is 5. The summed E-state index contributed by atoms with van der Waals surface area (Å²) < 4.78 is 43.3. The lowest BCUT2D eigenvalue weighted by Crippen LogP contribution is -2.26. The monoisotopic (exact) mass is 468 g/mol. The molecule has 1 N–H and O–H groups in total. The highest BCUT2D eigenvalue weighted by atomic mass is 35.5. The van der Waals surface area contributed by atoms with E-state index in [4.69, 9.17) is 11.6 Å². The summed E-state index contributed by atoms with van der Waals surface area (Å²) >= 11 is 7.48. The van der Waals surface area contributed by atoms with E-state index >= 15 is 0 Å². The van der Waals surface area contributed by atoms with Crippen molar-refractivity contribution in [2.75, 3.05) is 6.54 Å². The van der Waals surface area contributed by atoms with Gasteiger partial charge in [0.2, 0.25) is 0 Å². The lowest BCUT2D eigenvalue weighted by atomic mass is 10.2. The molecule has 0 radical (unpaired) electrons. The molecule has 0 aliphatic heterocycles. The van der Waals surface area contributed by atoms with Crippen molar-refractivity contribution in [2.45, 2.75) is 26.1 Å². The number of halogens is 4. The predicted molar refractivity (Wildman–Crippen MR) is 110 cm³/mol. The second kappa shape index (κ2) is 8.31. The van der Waals surface area contributed by atoms with Gasteiger partial charge in [-0.3, -0.25) is 9.48 Å². The smallest absolute Gasteiger partial charge is 0.351 e. The maximum absolute atomic E-state index is 13.7. The topological polar surface area (TPSA) is 77.1 Å². The van der Waals surface area contributed by atoms with Crippen molar-refractivity contribution in [3.63, 3.8) is 0 Å². The normalized spacial score (nSPS) is 11.9. The van der Waals surface area contributed by atoms with Gasteiger partial charge in [0.15, 0.2) is 17.0 Å². The van der Waals surface area contributed by atoms with Gasteiger partial charge in [0, 0.05) is 25.0 Å². The number of amides is 1. The van der Waals surface area contributed by atoms with Crippen LogP contribution < -0.4 is 5.32 Å². The van der Waals surface area contributed by atoms with Crippen LogP contribution in [0.15, 0.2) is 35.8 Å². The van der Waals surface area contributed by atoms with Gasteiger partial charge in [-0.25, -0.2) is 9.50 Å². The van der Waals surface area contributed by atoms with Crippen molar-refractivity contribution >= 4 is 34.5 Å². The van der Waals surface area contributed by atoms with E-state index in [0.29, 0.717) is 22.4 Å². The second-order valence-corrected chi connectivity index (χ2v) is 8.03. The van der Waals surface area contributed by atoms with E-state index in [2.05, 4.69) is 20.5 Å². The van der Waals surface area contributed by atoms with E-state index < -0.39 is 17.8 Å². The molecule has 0 saturated carbocycles. The number of aromatic nitrogens is 5. The van der Waals surface area contributed by atoms with E-state index in [-0.39, 0.29) is 28.6 Å². The lowest BCUT2D eigenvalue weighted by Gasteiger charge is -2.10. The van der Waals surface area contributed by atoms with Crippen molar-refractivity contribution in [2.24, 2.45) is 0 Å². The first-order valence-electron chi connectivity index (χ1n) is 9.22. The van der Waals surface area contributed by atoms with E-state index in [1.54, 1.807) is 28.4 Å². The van der Waals surface area contributed by atoms with Gasteiger partial charge in [-0.1, -0.05) is 17.7 Å². The molecule has 0 spiro atoms. The molecule has 0 aromatic carbocycles. The predicted octanol–water partition coefficient (Wildman–Crippen LogP) is 4.46. The van der Waals surface area contributed by atoms with Crippen LogP contribution in [0.3, 0.4) is 0 Å². The molecule has 31 heavy (non-hydrogen) atoms. The molecular formula is C19H16ClF3N6OS. The van der Waals surface area contributed by atoms with E-state index in [1.165, 1.54) is 11.3 Å². The Balaban J connectivity index is 1.60. The summed E-state index contributed by atoms with van der Waals surface area (Å²) in [5.41, 5.74) is -0.494. The van der Waals surface area contributed by atoms with Crippen LogP contribution in [0.5, 0.6) is 0 Å². The number of thiophene rings is 1. The molecule has 0 bridgehead atoms. The molecule has 4 rings (SSSR count). The number of aryl methyl sites for hydroxylation is 2. The summed E-state index contributed by atoms with van der Waals surface area (Å²) in [4.78, 5) is 17.3. The summed E-state index contributed by atoms with van der Waals surface area (Å²) in [6.07, 6.45) is -2.45. The van der Waals surface area contributed by atoms with Crippen molar-refractivity contribution in [1.82, 2.24) is 29.7 Å². The molecule has 0 fully saturated rings. The van der Waals surface area contributed by atoms with Gasteiger partial charge < -0.3 is 5.32 Å². The molecule has 0 aliphatic carbocycles. The Morgan fingerprint density at radius 2 is 2.13 bits per heavy atom. The van der Waals surface area contributed by atoms with Crippen molar-refractivity contribution in [3.05, 3.63) is 57.9 Å². The van der Waals surface area contributed by atoms with Gasteiger partial charge in [-0.2, -0.15) is 23.4 Å². The number of hydrogen-bond donors (Lipinski definition) is 1. The van der Waals surface area contributed by atoms with Crippen LogP contribution >= 0.6 is 22.9 Å². The first-order valence-corrected chi connectivity index (χ1v) is 10.5. The van der Waals surface area contributed by atoms with Gasteiger partial charge >= 0.3 is 6.18 Å². The van der Waals surface area contributed by atoms with Crippen molar-refractivity contribution in [1.29, 1.82) is 0 Å². The third-order valence-electron chi connectivity index (χ3n) is 4.57. The fourth-order valence-electron chi connectivity index (χ4n) is 3.04. The third kappa shape index (κ3) is 4.28. The Kier molecular flexibility index (Phi) is 5.71. The Labute approximate surface area is 183 Å². The molecule has 12 heteroatoms. The molecule has 0 unspecified atom stereocenters. The largest absolute Gasteiger partial charge is 0.433 e. The quantitative estimate of drug-likeness (QED) is 0.424. The number of carbonyl (C=O) groups excluding carboxylic acids is 1. The lowest BCUT2D eigenvalue weighted by molar-refractivity contribution is -0.142. The van der Waals surface area contributed by atoms with Gasteiger partial charge in [0.25, 0.3) is 5.91 Å². The number of alkyl halides is 3. The molecule has 0 aliphatic rings. The van der Waals surface area contributed by atoms with Crippen LogP contribution in [0.4, 0.5) is 13.2 Å². The zero-order chi connectivity index (χ0) is 22.2. The minimum Gasteiger partial charge on any atom is -0.351 e. The van der Waals surface area contributed by atoms with E-state index in [1.807, 2.05) is 13.0 Å². The Morgan fingerprint density at radius 3 is 2.77 bits per heavy atom. The molecule has 4 aromatic heterocycles. The van der Waals surface area contributed by atoms with Crippen LogP contribution in [-0.2, 0) is 12.7 Å². The summed E-state index contributed by atoms with van der Waals surface area (Å²) in [5, 5.41) is 12.1. The number of fused-ring (bicyclic) bond motifs is 1. The average Bonchev–Trinajstić information content (AvgIpc) is 3.45. The van der Waals surface area contributed by atoms with Crippen LogP contribution in [0, 0.1) is 6.92 Å². The van der Waals surface area contributed by atoms with Crippen molar-refractivity contribution in [3.8, 4) is 10.6 Å². The third-order valence-corrected chi connectivity index (χ3v) is 5.81. The maximum atomic E-state index is 13.7. The van der Waals surface area contributed by atoms with E-state index in [0.717, 1.165) is 11.8 Å². The molecule has 4 aromatic rings. The van der Waals surface area contributed by atoms with Gasteiger partial charge in [0.05, 0.1) is 10.6 Å². The zero-order valence-electron chi connectivity index (χ0n) is 16.1. The first-order chi connectivity index (χ1) is 14.8. The zero-order valence-corrected chi connectivity index (χ0v) is 17.7. The number of nitrogens with zero attached hydrogens (tertiary/aromatic N) is 5. The van der Waals surface area contributed by atoms with Gasteiger partial charge in [0.1, 0.15) is 5.02 Å². The highest BCUT2D eigenvalue weighted by Crippen LogP contribution is 2.35. The molecule has 0 atom stereocenters. The molecule has 7 nitrogen and oxygen atoms in total. The van der Waals surface area contributed by atoms with Crippen LogP contribution in [0.2, 0.25) is 5.02 Å². The minimum atomic E-state index is -4.71. The SMILES string of the molecule is Cc1ccnn1CCCNC(=O)c1nn2c(C(F)(F)F)cc(-c3cccs3)nc2c1Cl. The molecule has 0 saturated heterocycles.